The Morgan fingerprint density at radius 2 is 1.93 bits per heavy atom. The lowest BCUT2D eigenvalue weighted by Gasteiger charge is -2.51. The number of fused-ring (bicyclic) bond motifs is 1. The van der Waals surface area contributed by atoms with E-state index in [1.54, 1.807) is 0 Å². The van der Waals surface area contributed by atoms with Gasteiger partial charge in [0.25, 0.3) is 0 Å². The van der Waals surface area contributed by atoms with Crippen molar-refractivity contribution in [1.29, 1.82) is 0 Å². The summed E-state index contributed by atoms with van der Waals surface area (Å²) < 4.78 is 49.4. The van der Waals surface area contributed by atoms with E-state index in [1.807, 2.05) is 32.7 Å². The SMILES string of the molecule is [2H]C1([2H])C([2H])([2H])C1(C)n1cc(C(=O)O)c(=O)c2cc(F)c(N3CCN(C)C(C)(C)C3C)cc21. The maximum atomic E-state index is 15.4. The van der Waals surface area contributed by atoms with Gasteiger partial charge < -0.3 is 14.6 Å². The average molecular weight is 406 g/mol. The summed E-state index contributed by atoms with van der Waals surface area (Å²) in [5.74, 6) is -2.23. The number of hydrogen-bond acceptors (Lipinski definition) is 4. The monoisotopic (exact) mass is 405 g/mol. The number of nitrogens with zero attached hydrogens (tertiary/aromatic N) is 3. The third-order valence-electron chi connectivity index (χ3n) is 6.73. The van der Waals surface area contributed by atoms with Gasteiger partial charge in [-0.3, -0.25) is 9.69 Å². The van der Waals surface area contributed by atoms with Crippen LogP contribution in [0.1, 0.15) is 56.3 Å². The molecule has 1 N–H and O–H groups in total. The summed E-state index contributed by atoms with van der Waals surface area (Å²) >= 11 is 0. The van der Waals surface area contributed by atoms with E-state index in [1.165, 1.54) is 17.6 Å². The van der Waals surface area contributed by atoms with Gasteiger partial charge >= 0.3 is 5.97 Å². The van der Waals surface area contributed by atoms with Gasteiger partial charge in [-0.1, -0.05) is 0 Å². The number of benzene rings is 1. The minimum absolute atomic E-state index is 0.0954. The Balaban J connectivity index is 2.02. The molecule has 1 saturated heterocycles. The molecule has 2 fully saturated rings. The molecule has 0 spiro atoms. The van der Waals surface area contributed by atoms with Gasteiger partial charge in [-0.2, -0.15) is 0 Å². The van der Waals surface area contributed by atoms with E-state index in [0.717, 1.165) is 12.3 Å². The predicted octanol–water partition coefficient (Wildman–Crippen LogP) is 3.27. The fourth-order valence-corrected chi connectivity index (χ4v) is 4.06. The maximum Gasteiger partial charge on any atom is 0.341 e. The molecule has 4 rings (SSSR count). The molecule has 0 amide bonds. The Morgan fingerprint density at radius 3 is 2.52 bits per heavy atom. The Labute approximate surface area is 175 Å². The third kappa shape index (κ3) is 2.94. The second-order valence-electron chi connectivity index (χ2n) is 8.63. The van der Waals surface area contributed by atoms with E-state index in [0.29, 0.717) is 13.1 Å². The molecule has 2 aromatic rings. The number of aromatic carboxylic acids is 1. The van der Waals surface area contributed by atoms with Crippen molar-refractivity contribution < 1.29 is 19.8 Å². The molecule has 7 heteroatoms. The average Bonchev–Trinajstić information content (AvgIpc) is 3.03. The summed E-state index contributed by atoms with van der Waals surface area (Å²) in [5.41, 5.74) is -3.32. The van der Waals surface area contributed by atoms with Crippen LogP contribution in [0.15, 0.2) is 23.1 Å². The number of piperazine rings is 1. The number of carboxylic acid groups (broad SMARTS) is 1. The first-order chi connectivity index (χ1) is 15.0. The molecule has 1 unspecified atom stereocenters. The first kappa shape index (κ1) is 15.4. The lowest BCUT2D eigenvalue weighted by Crippen LogP contribution is -2.63. The molecule has 6 nitrogen and oxygen atoms in total. The van der Waals surface area contributed by atoms with Crippen LogP contribution in [-0.2, 0) is 5.54 Å². The number of aromatic nitrogens is 1. The largest absolute Gasteiger partial charge is 0.477 e. The molecule has 1 aliphatic carbocycles. The number of hydrogen-bond donors (Lipinski definition) is 1. The topological polar surface area (TPSA) is 65.8 Å². The molecular weight excluding hydrogens is 373 g/mol. The van der Waals surface area contributed by atoms with Crippen LogP contribution in [0, 0.1) is 5.82 Å². The molecule has 1 atom stereocenters. The number of anilines is 1. The fourth-order valence-electron chi connectivity index (χ4n) is 4.06. The van der Waals surface area contributed by atoms with Crippen molar-refractivity contribution in [2.45, 2.75) is 57.6 Å². The second kappa shape index (κ2) is 6.29. The number of carboxylic acids is 1. The highest BCUT2D eigenvalue weighted by atomic mass is 19.1. The van der Waals surface area contributed by atoms with Crippen LogP contribution in [0.3, 0.4) is 0 Å². The summed E-state index contributed by atoms with van der Waals surface area (Å²) in [6.45, 7) is 8.59. The van der Waals surface area contributed by atoms with Crippen molar-refractivity contribution in [3.63, 3.8) is 0 Å². The normalized spacial score (nSPS) is 28.9. The van der Waals surface area contributed by atoms with Crippen molar-refractivity contribution in [1.82, 2.24) is 9.47 Å². The van der Waals surface area contributed by atoms with Gasteiger partial charge in [0.05, 0.1) is 11.2 Å². The van der Waals surface area contributed by atoms with E-state index in [2.05, 4.69) is 4.90 Å². The summed E-state index contributed by atoms with van der Waals surface area (Å²) in [4.78, 5) is 28.7. The van der Waals surface area contributed by atoms with Crippen molar-refractivity contribution >= 4 is 22.6 Å². The van der Waals surface area contributed by atoms with E-state index in [4.69, 9.17) is 5.48 Å². The van der Waals surface area contributed by atoms with Crippen LogP contribution in [0.5, 0.6) is 0 Å². The Morgan fingerprint density at radius 1 is 1.28 bits per heavy atom. The minimum atomic E-state index is -2.32. The number of carbonyl (C=O) groups is 1. The quantitative estimate of drug-likeness (QED) is 0.849. The summed E-state index contributed by atoms with van der Waals surface area (Å²) in [6, 6.07) is 2.30. The second-order valence-corrected chi connectivity index (χ2v) is 8.63. The first-order valence-corrected chi connectivity index (χ1v) is 9.62. The van der Waals surface area contributed by atoms with Crippen LogP contribution >= 0.6 is 0 Å². The van der Waals surface area contributed by atoms with E-state index in [-0.39, 0.29) is 28.2 Å². The molecule has 1 aliphatic heterocycles. The van der Waals surface area contributed by atoms with Crippen LogP contribution in [0.4, 0.5) is 10.1 Å². The molecule has 156 valence electrons. The highest BCUT2D eigenvalue weighted by molar-refractivity contribution is 5.93. The zero-order valence-corrected chi connectivity index (χ0v) is 17.2. The standard InChI is InChI=1S/C22H28FN3O3/c1-13-21(2,3)24(5)8-9-25(13)18-11-17-14(10-16(18)23)19(27)15(20(28)29)12-26(17)22(4)6-7-22/h10-13H,6-9H2,1-5H3,(H,28,29)/i6D2,7D2. The van der Waals surface area contributed by atoms with Gasteiger partial charge in [0.2, 0.25) is 5.43 Å². The van der Waals surface area contributed by atoms with Gasteiger partial charge in [0, 0.05) is 47.3 Å². The number of halogens is 1. The number of likely N-dealkylation sites (N-methyl/N-ethyl adjacent to an activating group) is 1. The van der Waals surface area contributed by atoms with Gasteiger partial charge in [0.1, 0.15) is 11.4 Å². The molecule has 1 aromatic heterocycles. The Hall–Kier alpha value is -2.41. The molecular formula is C22H28FN3O3. The summed E-state index contributed by atoms with van der Waals surface area (Å²) in [7, 11) is 1.99. The van der Waals surface area contributed by atoms with Crippen LogP contribution < -0.4 is 10.3 Å². The molecule has 2 aliphatic rings. The Kier molecular flexibility index (Phi) is 3.35. The lowest BCUT2D eigenvalue weighted by molar-refractivity contribution is 0.0694. The van der Waals surface area contributed by atoms with Crippen molar-refractivity contribution in [3.05, 3.63) is 39.9 Å². The summed E-state index contributed by atoms with van der Waals surface area (Å²) in [6.07, 6.45) is -3.67. The van der Waals surface area contributed by atoms with E-state index < -0.39 is 41.1 Å². The first-order valence-electron chi connectivity index (χ1n) is 11.6. The van der Waals surface area contributed by atoms with Crippen LogP contribution in [0.25, 0.3) is 10.9 Å². The van der Waals surface area contributed by atoms with Crippen LogP contribution in [0.2, 0.25) is 0 Å². The molecule has 2 heterocycles. The number of rotatable bonds is 3. The predicted molar refractivity (Wildman–Crippen MR) is 112 cm³/mol. The van der Waals surface area contributed by atoms with Crippen LogP contribution in [-0.4, -0.2) is 52.3 Å². The van der Waals surface area contributed by atoms with E-state index in [9.17, 15) is 14.7 Å². The molecule has 29 heavy (non-hydrogen) atoms. The lowest BCUT2D eigenvalue weighted by atomic mass is 9.89. The van der Waals surface area contributed by atoms with Gasteiger partial charge in [0.15, 0.2) is 0 Å². The molecule has 0 bridgehead atoms. The fraction of sp³-hybridized carbons (Fsp3) is 0.545. The Bertz CT molecular complexity index is 1230. The zero-order valence-electron chi connectivity index (χ0n) is 21.2. The van der Waals surface area contributed by atoms with E-state index >= 15 is 4.39 Å². The number of pyridine rings is 1. The van der Waals surface area contributed by atoms with Crippen molar-refractivity contribution in [2.24, 2.45) is 0 Å². The van der Waals surface area contributed by atoms with Crippen molar-refractivity contribution in [3.8, 4) is 0 Å². The van der Waals surface area contributed by atoms with Gasteiger partial charge in [-0.25, -0.2) is 9.18 Å². The molecule has 0 radical (unpaired) electrons. The zero-order chi connectivity index (χ0) is 24.9. The molecule has 1 saturated carbocycles. The maximum absolute atomic E-state index is 15.4. The highest BCUT2D eigenvalue weighted by Gasteiger charge is 2.42. The summed E-state index contributed by atoms with van der Waals surface area (Å²) in [5, 5.41) is 9.31. The van der Waals surface area contributed by atoms with Gasteiger partial charge in [-0.15, -0.1) is 0 Å². The molecule has 1 aromatic carbocycles. The third-order valence-corrected chi connectivity index (χ3v) is 6.73. The van der Waals surface area contributed by atoms with Gasteiger partial charge in [-0.05, 0) is 59.6 Å². The smallest absolute Gasteiger partial charge is 0.341 e. The minimum Gasteiger partial charge on any atom is -0.477 e. The highest BCUT2D eigenvalue weighted by Crippen LogP contribution is 2.45. The van der Waals surface area contributed by atoms with Crippen molar-refractivity contribution in [2.75, 3.05) is 25.0 Å².